The van der Waals surface area contributed by atoms with Gasteiger partial charge in [0, 0.05) is 17.8 Å². The van der Waals surface area contributed by atoms with Gasteiger partial charge in [0.1, 0.15) is 12.4 Å². The minimum Gasteiger partial charge on any atom is -0.489 e. The molecular formula is C22H22N2O2. The third-order valence-corrected chi connectivity index (χ3v) is 3.98. The zero-order chi connectivity index (χ0) is 18.2. The molecular weight excluding hydrogens is 324 g/mol. The second kappa shape index (κ2) is 8.72. The van der Waals surface area contributed by atoms with Gasteiger partial charge < -0.3 is 15.4 Å². The van der Waals surface area contributed by atoms with Crippen LogP contribution in [0.2, 0.25) is 0 Å². The molecule has 0 atom stereocenters. The van der Waals surface area contributed by atoms with Crippen LogP contribution in [-0.4, -0.2) is 6.03 Å². The van der Waals surface area contributed by atoms with E-state index in [2.05, 4.69) is 10.6 Å². The van der Waals surface area contributed by atoms with Crippen LogP contribution in [0.25, 0.3) is 0 Å². The number of urea groups is 1. The second-order valence-electron chi connectivity index (χ2n) is 6.05. The normalized spacial score (nSPS) is 10.2. The number of nitrogens with one attached hydrogen (secondary N) is 2. The Balaban J connectivity index is 1.56. The number of aryl methyl sites for hydroxylation is 1. The summed E-state index contributed by atoms with van der Waals surface area (Å²) in [6.45, 7) is 2.91. The van der Waals surface area contributed by atoms with Crippen LogP contribution in [0.5, 0.6) is 5.75 Å². The summed E-state index contributed by atoms with van der Waals surface area (Å²) in [5.74, 6) is 0.797. The molecule has 132 valence electrons. The van der Waals surface area contributed by atoms with Crippen molar-refractivity contribution in [2.45, 2.75) is 20.1 Å². The maximum atomic E-state index is 12.2. The summed E-state index contributed by atoms with van der Waals surface area (Å²) < 4.78 is 5.78. The van der Waals surface area contributed by atoms with Crippen LogP contribution >= 0.6 is 0 Å². The monoisotopic (exact) mass is 346 g/mol. The number of ether oxygens (including phenoxy) is 1. The molecule has 0 fully saturated rings. The predicted octanol–water partition coefficient (Wildman–Crippen LogP) is 4.90. The van der Waals surface area contributed by atoms with E-state index in [1.54, 1.807) is 0 Å². The Morgan fingerprint density at radius 3 is 2.35 bits per heavy atom. The first-order valence-corrected chi connectivity index (χ1v) is 8.57. The van der Waals surface area contributed by atoms with E-state index in [0.29, 0.717) is 13.2 Å². The van der Waals surface area contributed by atoms with Gasteiger partial charge in [0.2, 0.25) is 0 Å². The van der Waals surface area contributed by atoms with Gasteiger partial charge >= 0.3 is 6.03 Å². The van der Waals surface area contributed by atoms with Gasteiger partial charge in [-0.1, -0.05) is 66.2 Å². The fraction of sp³-hybridized carbons (Fsp3) is 0.136. The third kappa shape index (κ3) is 5.11. The Labute approximate surface area is 153 Å². The molecule has 0 saturated carbocycles. The molecule has 4 heteroatoms. The SMILES string of the molecule is Cc1ccc(CNC(=O)Nc2ccccc2COc2ccccc2)cc1. The van der Waals surface area contributed by atoms with Crippen LogP contribution < -0.4 is 15.4 Å². The standard InChI is InChI=1S/C22H22N2O2/c1-17-11-13-18(14-12-17)15-23-22(25)24-21-10-6-5-7-19(21)16-26-20-8-3-2-4-9-20/h2-14H,15-16H2,1H3,(H2,23,24,25). The number of carbonyl (C=O) groups is 1. The van der Waals surface area contributed by atoms with Crippen molar-refractivity contribution in [1.82, 2.24) is 5.32 Å². The lowest BCUT2D eigenvalue weighted by atomic mass is 10.1. The molecule has 0 heterocycles. The van der Waals surface area contributed by atoms with Crippen molar-refractivity contribution in [3.63, 3.8) is 0 Å². The molecule has 0 aliphatic carbocycles. The minimum atomic E-state index is -0.238. The number of anilines is 1. The zero-order valence-corrected chi connectivity index (χ0v) is 14.7. The number of amides is 2. The third-order valence-electron chi connectivity index (χ3n) is 3.98. The number of para-hydroxylation sites is 2. The maximum absolute atomic E-state index is 12.2. The average molecular weight is 346 g/mol. The Bertz CT molecular complexity index is 846. The van der Waals surface area contributed by atoms with E-state index in [9.17, 15) is 4.79 Å². The van der Waals surface area contributed by atoms with Crippen molar-refractivity contribution < 1.29 is 9.53 Å². The van der Waals surface area contributed by atoms with Gasteiger partial charge in [0.05, 0.1) is 0 Å². The van der Waals surface area contributed by atoms with Gasteiger partial charge in [-0.2, -0.15) is 0 Å². The van der Waals surface area contributed by atoms with E-state index in [1.165, 1.54) is 5.56 Å². The highest BCUT2D eigenvalue weighted by Gasteiger charge is 2.07. The fourth-order valence-corrected chi connectivity index (χ4v) is 2.50. The molecule has 2 amide bonds. The fourth-order valence-electron chi connectivity index (χ4n) is 2.50. The Kier molecular flexibility index (Phi) is 5.88. The molecule has 3 rings (SSSR count). The summed E-state index contributed by atoms with van der Waals surface area (Å²) in [5.41, 5.74) is 3.92. The molecule has 0 spiro atoms. The largest absolute Gasteiger partial charge is 0.489 e. The quantitative estimate of drug-likeness (QED) is 0.667. The first-order chi connectivity index (χ1) is 12.7. The number of benzene rings is 3. The first-order valence-electron chi connectivity index (χ1n) is 8.57. The van der Waals surface area contributed by atoms with Crippen molar-refractivity contribution in [1.29, 1.82) is 0 Å². The van der Waals surface area contributed by atoms with Crippen molar-refractivity contribution in [3.05, 3.63) is 95.6 Å². The summed E-state index contributed by atoms with van der Waals surface area (Å²) in [5, 5.41) is 5.78. The van der Waals surface area contributed by atoms with Crippen molar-refractivity contribution in [2.24, 2.45) is 0 Å². The highest BCUT2D eigenvalue weighted by atomic mass is 16.5. The van der Waals surface area contributed by atoms with Crippen LogP contribution in [-0.2, 0) is 13.2 Å². The first kappa shape index (κ1) is 17.5. The van der Waals surface area contributed by atoms with Gasteiger partial charge in [-0.05, 0) is 30.7 Å². The van der Waals surface area contributed by atoms with Crippen LogP contribution in [0.4, 0.5) is 10.5 Å². The molecule has 3 aromatic rings. The van der Waals surface area contributed by atoms with Gasteiger partial charge in [-0.25, -0.2) is 4.79 Å². The molecule has 0 radical (unpaired) electrons. The van der Waals surface area contributed by atoms with Crippen LogP contribution in [0.15, 0.2) is 78.9 Å². The average Bonchev–Trinajstić information content (AvgIpc) is 2.68. The molecule has 0 aliphatic heterocycles. The summed E-state index contributed by atoms with van der Waals surface area (Å²) in [6.07, 6.45) is 0. The molecule has 0 unspecified atom stereocenters. The minimum absolute atomic E-state index is 0.238. The predicted molar refractivity (Wildman–Crippen MR) is 104 cm³/mol. The molecule has 2 N–H and O–H groups in total. The van der Waals surface area contributed by atoms with Crippen molar-refractivity contribution in [2.75, 3.05) is 5.32 Å². The number of carbonyl (C=O) groups excluding carboxylic acids is 1. The Hall–Kier alpha value is -3.27. The molecule has 0 saturated heterocycles. The molecule has 0 aliphatic rings. The summed E-state index contributed by atoms with van der Waals surface area (Å²) in [4.78, 5) is 12.2. The highest BCUT2D eigenvalue weighted by molar-refractivity contribution is 5.90. The van der Waals surface area contributed by atoms with Crippen molar-refractivity contribution in [3.8, 4) is 5.75 Å². The zero-order valence-electron chi connectivity index (χ0n) is 14.7. The van der Waals surface area contributed by atoms with E-state index in [0.717, 1.165) is 22.6 Å². The summed E-state index contributed by atoms with van der Waals surface area (Å²) >= 11 is 0. The lowest BCUT2D eigenvalue weighted by Crippen LogP contribution is -2.28. The van der Waals surface area contributed by atoms with Crippen LogP contribution in [0.3, 0.4) is 0 Å². The maximum Gasteiger partial charge on any atom is 0.319 e. The smallest absolute Gasteiger partial charge is 0.319 e. The van der Waals surface area contributed by atoms with Crippen LogP contribution in [0.1, 0.15) is 16.7 Å². The van der Waals surface area contributed by atoms with Gasteiger partial charge in [0.25, 0.3) is 0 Å². The summed E-state index contributed by atoms with van der Waals surface area (Å²) in [7, 11) is 0. The van der Waals surface area contributed by atoms with E-state index >= 15 is 0 Å². The van der Waals surface area contributed by atoms with Gasteiger partial charge in [-0.15, -0.1) is 0 Å². The Morgan fingerprint density at radius 1 is 0.885 bits per heavy atom. The van der Waals surface area contributed by atoms with E-state index in [-0.39, 0.29) is 6.03 Å². The Morgan fingerprint density at radius 2 is 1.58 bits per heavy atom. The lowest BCUT2D eigenvalue weighted by molar-refractivity contribution is 0.251. The van der Waals surface area contributed by atoms with Gasteiger partial charge in [-0.3, -0.25) is 0 Å². The molecule has 4 nitrogen and oxygen atoms in total. The van der Waals surface area contributed by atoms with Gasteiger partial charge in [0.15, 0.2) is 0 Å². The van der Waals surface area contributed by atoms with E-state index in [1.807, 2.05) is 85.8 Å². The molecule has 0 bridgehead atoms. The summed E-state index contributed by atoms with van der Waals surface area (Å²) in [6, 6.07) is 25.1. The molecule has 3 aromatic carbocycles. The second-order valence-corrected chi connectivity index (χ2v) is 6.05. The number of hydrogen-bond acceptors (Lipinski definition) is 2. The van der Waals surface area contributed by atoms with E-state index < -0.39 is 0 Å². The van der Waals surface area contributed by atoms with Crippen molar-refractivity contribution >= 4 is 11.7 Å². The van der Waals surface area contributed by atoms with E-state index in [4.69, 9.17) is 4.74 Å². The molecule has 0 aromatic heterocycles. The topological polar surface area (TPSA) is 50.4 Å². The molecule has 26 heavy (non-hydrogen) atoms. The lowest BCUT2D eigenvalue weighted by Gasteiger charge is -2.13. The number of rotatable bonds is 6. The number of hydrogen-bond donors (Lipinski definition) is 2. The van der Waals surface area contributed by atoms with Crippen LogP contribution in [0, 0.1) is 6.92 Å². The highest BCUT2D eigenvalue weighted by Crippen LogP contribution is 2.18.